The molecule has 3 atom stereocenters. The zero-order valence-electron chi connectivity index (χ0n) is 9.82. The van der Waals surface area contributed by atoms with Gasteiger partial charge in [-0.1, -0.05) is 13.3 Å². The molecule has 0 spiro atoms. The summed E-state index contributed by atoms with van der Waals surface area (Å²) in [6.45, 7) is 2.16. The van der Waals surface area contributed by atoms with Crippen LogP contribution in [0.3, 0.4) is 0 Å². The van der Waals surface area contributed by atoms with Crippen molar-refractivity contribution < 1.29 is 5.11 Å². The van der Waals surface area contributed by atoms with E-state index in [4.69, 9.17) is 0 Å². The molecule has 1 fully saturated rings. The van der Waals surface area contributed by atoms with Gasteiger partial charge >= 0.3 is 0 Å². The Hall–Kier alpha value is -0.370. The van der Waals surface area contributed by atoms with Crippen molar-refractivity contribution in [3.63, 3.8) is 0 Å². The maximum atomic E-state index is 10.5. The Morgan fingerprint density at radius 3 is 2.94 bits per heavy atom. The third-order valence-electron chi connectivity index (χ3n) is 3.84. The molecule has 3 unspecified atom stereocenters. The Kier molecular flexibility index (Phi) is 3.92. The average Bonchev–Trinajstić information content (AvgIpc) is 2.95. The molecule has 1 heterocycles. The van der Waals surface area contributed by atoms with Crippen LogP contribution in [0.1, 0.15) is 43.6 Å². The van der Waals surface area contributed by atoms with Crippen molar-refractivity contribution >= 4 is 27.3 Å². The predicted molar refractivity (Wildman–Crippen MR) is 72.7 cm³/mol. The standard InChI is InChI=1S/C13H16BrNOS/c1-2-9-5-6-13(7-9,8-15)12(16)10-3-4-11(14)17-10/h3-4,9,12,16H,2,5-7H2,1H3. The van der Waals surface area contributed by atoms with E-state index in [-0.39, 0.29) is 0 Å². The Morgan fingerprint density at radius 1 is 1.71 bits per heavy atom. The van der Waals surface area contributed by atoms with Gasteiger partial charge in [-0.3, -0.25) is 0 Å². The van der Waals surface area contributed by atoms with Crippen LogP contribution in [0.5, 0.6) is 0 Å². The number of halogens is 1. The van der Waals surface area contributed by atoms with Crippen molar-refractivity contribution in [3.05, 3.63) is 20.8 Å². The fourth-order valence-electron chi connectivity index (χ4n) is 2.69. The fourth-order valence-corrected chi connectivity index (χ4v) is 4.22. The molecule has 1 aromatic heterocycles. The summed E-state index contributed by atoms with van der Waals surface area (Å²) >= 11 is 4.92. The van der Waals surface area contributed by atoms with Crippen molar-refractivity contribution in [1.82, 2.24) is 0 Å². The maximum absolute atomic E-state index is 10.5. The highest BCUT2D eigenvalue weighted by atomic mass is 79.9. The molecule has 0 bridgehead atoms. The smallest absolute Gasteiger partial charge is 0.107 e. The number of aliphatic hydroxyl groups excluding tert-OH is 1. The van der Waals surface area contributed by atoms with Gasteiger partial charge in [-0.05, 0) is 53.2 Å². The Morgan fingerprint density at radius 2 is 2.47 bits per heavy atom. The molecule has 1 aliphatic rings. The van der Waals surface area contributed by atoms with Gasteiger partial charge in [0, 0.05) is 4.88 Å². The highest BCUT2D eigenvalue weighted by Gasteiger charge is 2.45. The predicted octanol–water partition coefficient (Wildman–Crippen LogP) is 4.26. The van der Waals surface area contributed by atoms with E-state index in [0.29, 0.717) is 5.92 Å². The zero-order chi connectivity index (χ0) is 12.5. The minimum absolute atomic E-state index is 0.565. The van der Waals surface area contributed by atoms with Crippen LogP contribution in [-0.2, 0) is 0 Å². The van der Waals surface area contributed by atoms with Crippen molar-refractivity contribution in [2.24, 2.45) is 11.3 Å². The summed E-state index contributed by atoms with van der Waals surface area (Å²) in [5, 5.41) is 19.9. The molecule has 1 aromatic rings. The zero-order valence-corrected chi connectivity index (χ0v) is 12.2. The number of aliphatic hydroxyl groups is 1. The first kappa shape index (κ1) is 13.1. The van der Waals surface area contributed by atoms with Crippen LogP contribution in [-0.4, -0.2) is 5.11 Å². The van der Waals surface area contributed by atoms with Gasteiger partial charge in [-0.15, -0.1) is 11.3 Å². The van der Waals surface area contributed by atoms with Crippen LogP contribution in [0, 0.1) is 22.7 Å². The summed E-state index contributed by atoms with van der Waals surface area (Å²) in [5.41, 5.74) is -0.565. The van der Waals surface area contributed by atoms with Crippen LogP contribution >= 0.6 is 27.3 Å². The summed E-state index contributed by atoms with van der Waals surface area (Å²) in [7, 11) is 0. The topological polar surface area (TPSA) is 44.0 Å². The third kappa shape index (κ3) is 2.42. The Bertz CT molecular complexity index is 439. The minimum Gasteiger partial charge on any atom is -0.386 e. The van der Waals surface area contributed by atoms with Crippen LogP contribution in [0.4, 0.5) is 0 Å². The van der Waals surface area contributed by atoms with Crippen LogP contribution in [0.25, 0.3) is 0 Å². The first-order chi connectivity index (χ1) is 8.11. The van der Waals surface area contributed by atoms with Gasteiger partial charge in [-0.25, -0.2) is 0 Å². The number of thiophene rings is 1. The monoisotopic (exact) mass is 313 g/mol. The molecule has 4 heteroatoms. The molecular weight excluding hydrogens is 298 g/mol. The third-order valence-corrected chi connectivity index (χ3v) is 5.51. The minimum atomic E-state index is -0.639. The van der Waals surface area contributed by atoms with E-state index in [9.17, 15) is 10.4 Å². The summed E-state index contributed by atoms with van der Waals surface area (Å²) in [6, 6.07) is 6.24. The first-order valence-electron chi connectivity index (χ1n) is 5.96. The highest BCUT2D eigenvalue weighted by molar-refractivity contribution is 9.11. The van der Waals surface area contributed by atoms with Crippen LogP contribution < -0.4 is 0 Å². The quantitative estimate of drug-likeness (QED) is 0.905. The van der Waals surface area contributed by atoms with E-state index < -0.39 is 11.5 Å². The second-order valence-electron chi connectivity index (χ2n) is 4.83. The molecule has 1 aliphatic carbocycles. The van der Waals surface area contributed by atoms with Gasteiger partial charge in [-0.2, -0.15) is 5.26 Å². The summed E-state index contributed by atoms with van der Waals surface area (Å²) in [4.78, 5) is 0.898. The second kappa shape index (κ2) is 5.09. The van der Waals surface area contributed by atoms with Crippen LogP contribution in [0.15, 0.2) is 15.9 Å². The maximum Gasteiger partial charge on any atom is 0.107 e. The van der Waals surface area contributed by atoms with E-state index in [1.54, 1.807) is 0 Å². The highest BCUT2D eigenvalue weighted by Crippen LogP contribution is 2.51. The molecule has 1 N–H and O–H groups in total. The first-order valence-corrected chi connectivity index (χ1v) is 7.57. The lowest BCUT2D eigenvalue weighted by molar-refractivity contribution is 0.0672. The lowest BCUT2D eigenvalue weighted by Gasteiger charge is -2.26. The summed E-state index contributed by atoms with van der Waals surface area (Å²) in [5.74, 6) is 0.590. The van der Waals surface area contributed by atoms with E-state index in [1.807, 2.05) is 12.1 Å². The van der Waals surface area contributed by atoms with E-state index in [1.165, 1.54) is 11.3 Å². The fraction of sp³-hybridized carbons (Fsp3) is 0.615. The second-order valence-corrected chi connectivity index (χ2v) is 7.32. The molecule has 1 saturated carbocycles. The molecular formula is C13H16BrNOS. The van der Waals surface area contributed by atoms with Crippen molar-refractivity contribution in [3.8, 4) is 6.07 Å². The number of nitrogens with zero attached hydrogens (tertiary/aromatic N) is 1. The SMILES string of the molecule is CCC1CCC(C#N)(C(O)c2ccc(Br)s2)C1. The molecule has 2 rings (SSSR count). The lowest BCUT2D eigenvalue weighted by Crippen LogP contribution is -2.24. The molecule has 0 aromatic carbocycles. The normalized spacial score (nSPS) is 30.1. The van der Waals surface area contributed by atoms with Crippen molar-refractivity contribution in [1.29, 1.82) is 5.26 Å². The Labute approximate surface area is 114 Å². The van der Waals surface area contributed by atoms with Crippen LogP contribution in [0.2, 0.25) is 0 Å². The number of hydrogen-bond donors (Lipinski definition) is 1. The molecule has 17 heavy (non-hydrogen) atoms. The lowest BCUT2D eigenvalue weighted by atomic mass is 9.80. The molecule has 0 aliphatic heterocycles. The number of nitriles is 1. The van der Waals surface area contributed by atoms with Gasteiger partial charge in [0.1, 0.15) is 6.10 Å². The molecule has 2 nitrogen and oxygen atoms in total. The van der Waals surface area contributed by atoms with Gasteiger partial charge in [0.25, 0.3) is 0 Å². The average molecular weight is 314 g/mol. The molecule has 0 amide bonds. The number of hydrogen-bond acceptors (Lipinski definition) is 3. The van der Waals surface area contributed by atoms with Crippen molar-refractivity contribution in [2.45, 2.75) is 38.7 Å². The molecule has 0 saturated heterocycles. The number of rotatable bonds is 3. The molecule has 0 radical (unpaired) electrons. The van der Waals surface area contributed by atoms with E-state index in [2.05, 4.69) is 28.9 Å². The largest absolute Gasteiger partial charge is 0.386 e. The summed E-state index contributed by atoms with van der Waals surface area (Å²) in [6.07, 6.45) is 3.17. The molecule has 92 valence electrons. The Balaban J connectivity index is 2.22. The van der Waals surface area contributed by atoms with Gasteiger partial charge in [0.05, 0.1) is 15.3 Å². The summed E-state index contributed by atoms with van der Waals surface area (Å²) < 4.78 is 1.00. The van der Waals surface area contributed by atoms with E-state index in [0.717, 1.165) is 34.3 Å². The van der Waals surface area contributed by atoms with Gasteiger partial charge in [0.2, 0.25) is 0 Å². The van der Waals surface area contributed by atoms with Gasteiger partial charge in [0.15, 0.2) is 0 Å². The van der Waals surface area contributed by atoms with Crippen molar-refractivity contribution in [2.75, 3.05) is 0 Å². The van der Waals surface area contributed by atoms with E-state index >= 15 is 0 Å². The van der Waals surface area contributed by atoms with Gasteiger partial charge < -0.3 is 5.11 Å².